The van der Waals surface area contributed by atoms with Gasteiger partial charge in [-0.05, 0) is 0 Å². The lowest BCUT2D eigenvalue weighted by Crippen LogP contribution is -1.92. The van der Waals surface area contributed by atoms with Crippen LogP contribution < -0.4 is 5.73 Å². The topological polar surface area (TPSA) is 72.0 Å². The van der Waals surface area contributed by atoms with Gasteiger partial charge in [0.1, 0.15) is 0 Å². The minimum absolute atomic E-state index is 0.331. The van der Waals surface area contributed by atoms with Crippen molar-refractivity contribution in [1.29, 1.82) is 0 Å². The molecule has 3 N–H and O–H groups in total. The van der Waals surface area contributed by atoms with Gasteiger partial charge < -0.3 is 5.73 Å². The van der Waals surface area contributed by atoms with E-state index in [9.17, 15) is 0 Å². The third-order valence-electron chi connectivity index (χ3n) is 1.74. The number of nitrogens with one attached hydrogen (secondary N) is 1. The van der Waals surface area contributed by atoms with Gasteiger partial charge in [-0.1, -0.05) is 13.8 Å². The number of nitrogen functional groups attached to an aromatic ring is 1. The van der Waals surface area contributed by atoms with E-state index in [0.717, 1.165) is 5.82 Å². The van der Waals surface area contributed by atoms with Crippen molar-refractivity contribution in [3.8, 4) is 0 Å². The molecule has 0 aromatic carbocycles. The van der Waals surface area contributed by atoms with Gasteiger partial charge in [-0.3, -0.25) is 5.10 Å². The van der Waals surface area contributed by atoms with Crippen molar-refractivity contribution in [2.24, 2.45) is 0 Å². The van der Waals surface area contributed by atoms with Gasteiger partial charge in [0, 0.05) is 12.1 Å². The molecular weight excluding hydrogens is 154 g/mol. The highest BCUT2D eigenvalue weighted by Crippen LogP contribution is 2.14. The number of fused-ring (bicyclic) bond motifs is 1. The lowest BCUT2D eigenvalue weighted by atomic mass is 10.2. The lowest BCUT2D eigenvalue weighted by molar-refractivity contribution is 0.730. The van der Waals surface area contributed by atoms with Crippen LogP contribution in [0.15, 0.2) is 6.20 Å². The molecule has 0 bridgehead atoms. The van der Waals surface area contributed by atoms with Gasteiger partial charge >= 0.3 is 0 Å². The highest BCUT2D eigenvalue weighted by Gasteiger charge is 2.09. The molecular formula is C7H11N5. The molecule has 64 valence electrons. The molecule has 0 saturated carbocycles. The summed E-state index contributed by atoms with van der Waals surface area (Å²) in [5.41, 5.74) is 6.98. The average molecular weight is 165 g/mol. The Kier molecular flexibility index (Phi) is 1.33. The van der Waals surface area contributed by atoms with Crippen molar-refractivity contribution in [2.45, 2.75) is 19.8 Å². The second-order valence-corrected chi connectivity index (χ2v) is 3.09. The van der Waals surface area contributed by atoms with Crippen LogP contribution in [-0.4, -0.2) is 19.8 Å². The minimum atomic E-state index is 0.331. The third-order valence-corrected chi connectivity index (χ3v) is 1.74. The number of H-pyrrole nitrogens is 1. The van der Waals surface area contributed by atoms with Crippen molar-refractivity contribution in [2.75, 3.05) is 5.73 Å². The molecule has 2 rings (SSSR count). The fourth-order valence-corrected chi connectivity index (χ4v) is 1.04. The summed E-state index contributed by atoms with van der Waals surface area (Å²) in [4.78, 5) is 4.27. The third kappa shape index (κ3) is 0.861. The largest absolute Gasteiger partial charge is 0.394 e. The molecule has 0 amide bonds. The van der Waals surface area contributed by atoms with Gasteiger partial charge in [0.05, 0.1) is 5.69 Å². The Morgan fingerprint density at radius 2 is 2.33 bits per heavy atom. The highest BCUT2D eigenvalue weighted by atomic mass is 15.5. The van der Waals surface area contributed by atoms with Crippen LogP contribution in [0.25, 0.3) is 5.65 Å². The SMILES string of the molecule is CC(C)c1nc2c(N)c[nH]n2n1. The van der Waals surface area contributed by atoms with E-state index in [4.69, 9.17) is 5.73 Å². The highest BCUT2D eigenvalue weighted by molar-refractivity contribution is 5.62. The number of hydrogen-bond acceptors (Lipinski definition) is 3. The smallest absolute Gasteiger partial charge is 0.198 e. The monoisotopic (exact) mass is 165 g/mol. The number of anilines is 1. The van der Waals surface area contributed by atoms with Crippen LogP contribution >= 0.6 is 0 Å². The lowest BCUT2D eigenvalue weighted by Gasteiger charge is -1.93. The van der Waals surface area contributed by atoms with E-state index in [0.29, 0.717) is 17.3 Å². The summed E-state index contributed by atoms with van der Waals surface area (Å²) in [7, 11) is 0. The molecule has 0 saturated heterocycles. The van der Waals surface area contributed by atoms with E-state index in [1.807, 2.05) is 13.8 Å². The minimum Gasteiger partial charge on any atom is -0.394 e. The van der Waals surface area contributed by atoms with Crippen LogP contribution in [0.2, 0.25) is 0 Å². The van der Waals surface area contributed by atoms with Crippen LogP contribution in [0.5, 0.6) is 0 Å². The van der Waals surface area contributed by atoms with Crippen molar-refractivity contribution in [3.05, 3.63) is 12.0 Å². The summed E-state index contributed by atoms with van der Waals surface area (Å²) in [6.45, 7) is 4.09. The zero-order valence-electron chi connectivity index (χ0n) is 7.07. The van der Waals surface area contributed by atoms with Gasteiger partial charge in [-0.2, -0.15) is 4.63 Å². The van der Waals surface area contributed by atoms with Crippen LogP contribution in [0.4, 0.5) is 5.69 Å². The maximum Gasteiger partial charge on any atom is 0.198 e. The average Bonchev–Trinajstić information content (AvgIpc) is 2.53. The van der Waals surface area contributed by atoms with E-state index >= 15 is 0 Å². The van der Waals surface area contributed by atoms with Crippen LogP contribution in [0.1, 0.15) is 25.6 Å². The predicted octanol–water partition coefficient (Wildman–Crippen LogP) is 0.763. The maximum absolute atomic E-state index is 5.64. The normalized spacial score (nSPS) is 11.6. The van der Waals surface area contributed by atoms with E-state index in [1.165, 1.54) is 0 Å². The molecule has 0 radical (unpaired) electrons. The second-order valence-electron chi connectivity index (χ2n) is 3.09. The molecule has 0 spiro atoms. The molecule has 12 heavy (non-hydrogen) atoms. The number of aromatic nitrogens is 4. The van der Waals surface area contributed by atoms with Gasteiger partial charge in [-0.15, -0.1) is 5.10 Å². The summed E-state index contributed by atoms with van der Waals surface area (Å²) in [6, 6.07) is 0. The van der Waals surface area contributed by atoms with Crippen LogP contribution in [0, 0.1) is 0 Å². The molecule has 2 aromatic heterocycles. The molecule has 0 unspecified atom stereocenters. The first-order valence-corrected chi connectivity index (χ1v) is 3.88. The number of nitrogens with two attached hydrogens (primary N) is 1. The fourth-order valence-electron chi connectivity index (χ4n) is 1.04. The Hall–Kier alpha value is -1.52. The Bertz CT molecular complexity index is 397. The predicted molar refractivity (Wildman–Crippen MR) is 45.8 cm³/mol. The Morgan fingerprint density at radius 3 is 2.92 bits per heavy atom. The first kappa shape index (κ1) is 7.15. The van der Waals surface area contributed by atoms with Crippen molar-refractivity contribution >= 4 is 11.3 Å². The molecule has 0 aliphatic rings. The van der Waals surface area contributed by atoms with Crippen LogP contribution in [-0.2, 0) is 0 Å². The van der Waals surface area contributed by atoms with Crippen molar-refractivity contribution < 1.29 is 0 Å². The quantitative estimate of drug-likeness (QED) is 0.655. The van der Waals surface area contributed by atoms with Gasteiger partial charge in [-0.25, -0.2) is 4.98 Å². The second kappa shape index (κ2) is 2.23. The molecule has 0 fully saturated rings. The van der Waals surface area contributed by atoms with Crippen LogP contribution in [0.3, 0.4) is 0 Å². The van der Waals surface area contributed by atoms with E-state index < -0.39 is 0 Å². The standard InChI is InChI=1S/C7H11N5/c1-4(2)6-10-7-5(8)3-9-12(7)11-6/h3-4,9H,8H2,1-2H3. The maximum atomic E-state index is 5.64. The summed E-state index contributed by atoms with van der Waals surface area (Å²) < 4.78 is 1.59. The molecule has 0 aliphatic carbocycles. The Labute approximate surface area is 69.6 Å². The van der Waals surface area contributed by atoms with Crippen molar-refractivity contribution in [3.63, 3.8) is 0 Å². The number of aromatic amines is 1. The Balaban J connectivity index is 2.63. The molecule has 0 atom stereocenters. The molecule has 0 aliphatic heterocycles. The fraction of sp³-hybridized carbons (Fsp3) is 0.429. The zero-order valence-corrected chi connectivity index (χ0v) is 7.07. The Morgan fingerprint density at radius 1 is 1.58 bits per heavy atom. The van der Waals surface area contributed by atoms with E-state index in [2.05, 4.69) is 15.2 Å². The summed E-state index contributed by atoms with van der Waals surface area (Å²) in [5.74, 6) is 1.14. The zero-order chi connectivity index (χ0) is 8.72. The van der Waals surface area contributed by atoms with E-state index in [-0.39, 0.29) is 0 Å². The van der Waals surface area contributed by atoms with E-state index in [1.54, 1.807) is 10.8 Å². The molecule has 2 heterocycles. The number of nitrogens with zero attached hydrogens (tertiary/aromatic N) is 3. The number of rotatable bonds is 1. The van der Waals surface area contributed by atoms with Gasteiger partial charge in [0.25, 0.3) is 0 Å². The summed E-state index contributed by atoms with van der Waals surface area (Å²) in [5, 5.41) is 7.08. The number of hydrogen-bond donors (Lipinski definition) is 2. The van der Waals surface area contributed by atoms with Gasteiger partial charge in [0.2, 0.25) is 0 Å². The molecule has 2 aromatic rings. The van der Waals surface area contributed by atoms with Crippen molar-refractivity contribution in [1.82, 2.24) is 19.8 Å². The molecule has 5 heteroatoms. The molecule has 5 nitrogen and oxygen atoms in total. The summed E-state index contributed by atoms with van der Waals surface area (Å²) in [6.07, 6.45) is 1.68. The summed E-state index contributed by atoms with van der Waals surface area (Å²) >= 11 is 0. The van der Waals surface area contributed by atoms with Gasteiger partial charge in [0.15, 0.2) is 11.5 Å². The first-order valence-electron chi connectivity index (χ1n) is 3.88. The first-order chi connectivity index (χ1) is 5.68.